The van der Waals surface area contributed by atoms with Crippen LogP contribution in [0.15, 0.2) is 85.6 Å². The number of carbonyl (C=O) groups is 1. The molecule has 1 unspecified atom stereocenters. The van der Waals surface area contributed by atoms with Crippen LogP contribution >= 0.6 is 0 Å². The molecule has 0 radical (unpaired) electrons. The molecule has 0 bridgehead atoms. The Morgan fingerprint density at radius 2 is 1.94 bits per heavy atom. The van der Waals surface area contributed by atoms with Gasteiger partial charge < -0.3 is 20.7 Å². The van der Waals surface area contributed by atoms with Crippen LogP contribution in [0.2, 0.25) is 0 Å². The largest absolute Gasteiger partial charge is 0.371 e. The van der Waals surface area contributed by atoms with Crippen molar-refractivity contribution < 1.29 is 9.53 Å². The number of hydrogen-bond acceptors (Lipinski definition) is 6. The van der Waals surface area contributed by atoms with E-state index in [0.717, 1.165) is 53.0 Å². The minimum Gasteiger partial charge on any atom is -0.371 e. The van der Waals surface area contributed by atoms with Crippen LogP contribution in [0.4, 0.5) is 17.3 Å². The second-order valence-electron chi connectivity index (χ2n) is 8.02. The minimum atomic E-state index is -0.249. The lowest BCUT2D eigenvalue weighted by Gasteiger charge is -2.24. The highest BCUT2D eigenvalue weighted by Gasteiger charge is 2.15. The molecule has 34 heavy (non-hydrogen) atoms. The molecular formula is C27H25N5O2. The summed E-state index contributed by atoms with van der Waals surface area (Å²) >= 11 is 0. The van der Waals surface area contributed by atoms with Crippen molar-refractivity contribution >= 4 is 34.1 Å². The molecule has 0 aliphatic carbocycles. The third-order valence-electron chi connectivity index (χ3n) is 5.70. The fourth-order valence-corrected chi connectivity index (χ4v) is 4.00. The molecule has 0 saturated carbocycles. The first kappa shape index (κ1) is 21.8. The number of rotatable bonds is 6. The Bertz CT molecular complexity index is 1330. The second-order valence-corrected chi connectivity index (χ2v) is 8.02. The standard InChI is InChI=1S/C27H25N5O2/c1-2-25(33)30-22-7-3-5-19(15-22)23-8-4-6-20-16-29-27(32-26(20)23)31-21-11-9-18(10-12-21)24-17-28-13-14-34-24/h2-12,15-16,24,28H,1,13-14,17H2,(H,30,33)(H,29,31,32). The molecule has 2 heterocycles. The molecule has 5 rings (SSSR count). The average molecular weight is 452 g/mol. The highest BCUT2D eigenvalue weighted by atomic mass is 16.5. The number of benzene rings is 3. The minimum absolute atomic E-state index is 0.0781. The lowest BCUT2D eigenvalue weighted by molar-refractivity contribution is -0.111. The van der Waals surface area contributed by atoms with Crippen LogP contribution in [0.5, 0.6) is 0 Å². The van der Waals surface area contributed by atoms with Crippen molar-refractivity contribution in [1.82, 2.24) is 15.3 Å². The Hall–Kier alpha value is -4.07. The number of fused-ring (bicyclic) bond motifs is 1. The van der Waals surface area contributed by atoms with E-state index in [2.05, 4.69) is 39.6 Å². The van der Waals surface area contributed by atoms with Crippen LogP contribution in [-0.4, -0.2) is 35.6 Å². The maximum atomic E-state index is 11.7. The van der Waals surface area contributed by atoms with Gasteiger partial charge >= 0.3 is 0 Å². The zero-order chi connectivity index (χ0) is 23.3. The Kier molecular flexibility index (Phi) is 6.29. The summed E-state index contributed by atoms with van der Waals surface area (Å²) in [6, 6.07) is 21.8. The third kappa shape index (κ3) is 4.80. The Morgan fingerprint density at radius 3 is 2.74 bits per heavy atom. The fourth-order valence-electron chi connectivity index (χ4n) is 4.00. The van der Waals surface area contributed by atoms with E-state index in [-0.39, 0.29) is 12.0 Å². The molecule has 3 aromatic carbocycles. The smallest absolute Gasteiger partial charge is 0.247 e. The quantitative estimate of drug-likeness (QED) is 0.364. The van der Waals surface area contributed by atoms with Crippen molar-refractivity contribution in [2.75, 3.05) is 30.3 Å². The SMILES string of the molecule is C=CC(=O)Nc1cccc(-c2cccc3cnc(Nc4ccc(C5CNCCO5)cc4)nc23)c1. The van der Waals surface area contributed by atoms with Crippen molar-refractivity contribution in [1.29, 1.82) is 0 Å². The maximum Gasteiger partial charge on any atom is 0.247 e. The molecule has 170 valence electrons. The molecule has 7 nitrogen and oxygen atoms in total. The molecule has 1 saturated heterocycles. The summed E-state index contributed by atoms with van der Waals surface area (Å²) in [6.07, 6.45) is 3.14. The number of ether oxygens (including phenoxy) is 1. The average Bonchev–Trinajstić information content (AvgIpc) is 2.89. The first-order valence-electron chi connectivity index (χ1n) is 11.2. The molecule has 1 amide bonds. The van der Waals surface area contributed by atoms with Gasteiger partial charge in [-0.25, -0.2) is 9.97 Å². The number of aromatic nitrogens is 2. The van der Waals surface area contributed by atoms with Gasteiger partial charge in [0.15, 0.2) is 0 Å². The Labute approximate surface area is 197 Å². The number of anilines is 3. The van der Waals surface area contributed by atoms with Crippen LogP contribution in [0, 0.1) is 0 Å². The number of nitrogens with one attached hydrogen (secondary N) is 3. The predicted octanol–water partition coefficient (Wildman–Crippen LogP) is 4.83. The Morgan fingerprint density at radius 1 is 1.09 bits per heavy atom. The number of amides is 1. The lowest BCUT2D eigenvalue weighted by Crippen LogP contribution is -2.33. The van der Waals surface area contributed by atoms with Crippen LogP contribution in [0.25, 0.3) is 22.0 Å². The summed E-state index contributed by atoms with van der Waals surface area (Å²) in [6.45, 7) is 5.94. The summed E-state index contributed by atoms with van der Waals surface area (Å²) in [5, 5.41) is 10.4. The fraction of sp³-hybridized carbons (Fsp3) is 0.148. The molecular weight excluding hydrogens is 426 g/mol. The van der Waals surface area contributed by atoms with E-state index >= 15 is 0 Å². The summed E-state index contributed by atoms with van der Waals surface area (Å²) in [5.74, 6) is 0.264. The summed E-state index contributed by atoms with van der Waals surface area (Å²) in [5.41, 5.74) is 5.47. The number of hydrogen-bond donors (Lipinski definition) is 3. The monoisotopic (exact) mass is 451 g/mol. The van der Waals surface area contributed by atoms with Crippen molar-refractivity contribution in [3.05, 3.63) is 91.1 Å². The maximum absolute atomic E-state index is 11.7. The van der Waals surface area contributed by atoms with E-state index in [1.165, 1.54) is 6.08 Å². The summed E-state index contributed by atoms with van der Waals surface area (Å²) < 4.78 is 5.83. The highest BCUT2D eigenvalue weighted by Crippen LogP contribution is 2.30. The van der Waals surface area contributed by atoms with Gasteiger partial charge in [0, 0.05) is 41.6 Å². The van der Waals surface area contributed by atoms with Gasteiger partial charge in [-0.2, -0.15) is 0 Å². The van der Waals surface area contributed by atoms with E-state index in [1.54, 1.807) is 0 Å². The molecule has 0 spiro atoms. The predicted molar refractivity (Wildman–Crippen MR) is 135 cm³/mol. The van der Waals surface area contributed by atoms with E-state index in [0.29, 0.717) is 11.6 Å². The Balaban J connectivity index is 1.41. The van der Waals surface area contributed by atoms with Crippen molar-refractivity contribution in [3.63, 3.8) is 0 Å². The summed E-state index contributed by atoms with van der Waals surface area (Å²) in [7, 11) is 0. The van der Waals surface area contributed by atoms with Gasteiger partial charge in [0.1, 0.15) is 0 Å². The first-order valence-corrected chi connectivity index (χ1v) is 11.2. The van der Waals surface area contributed by atoms with Crippen LogP contribution in [0.1, 0.15) is 11.7 Å². The zero-order valence-corrected chi connectivity index (χ0v) is 18.6. The molecule has 4 aromatic rings. The van der Waals surface area contributed by atoms with Gasteiger partial charge in [0.05, 0.1) is 18.2 Å². The van der Waals surface area contributed by atoms with Crippen molar-refractivity contribution in [2.24, 2.45) is 0 Å². The number of nitrogens with zero attached hydrogens (tertiary/aromatic N) is 2. The molecule has 1 atom stereocenters. The van der Waals surface area contributed by atoms with Gasteiger partial charge in [0.25, 0.3) is 0 Å². The topological polar surface area (TPSA) is 88.2 Å². The molecule has 1 aliphatic rings. The second kappa shape index (κ2) is 9.82. The van der Waals surface area contributed by atoms with Gasteiger partial charge in [-0.05, 0) is 41.5 Å². The van der Waals surface area contributed by atoms with Gasteiger partial charge in [-0.3, -0.25) is 4.79 Å². The first-order chi connectivity index (χ1) is 16.7. The van der Waals surface area contributed by atoms with E-state index in [4.69, 9.17) is 9.72 Å². The molecule has 1 fully saturated rings. The van der Waals surface area contributed by atoms with Gasteiger partial charge in [0.2, 0.25) is 11.9 Å². The van der Waals surface area contributed by atoms with Gasteiger partial charge in [-0.1, -0.05) is 49.0 Å². The van der Waals surface area contributed by atoms with Crippen LogP contribution in [-0.2, 0) is 9.53 Å². The van der Waals surface area contributed by atoms with E-state index < -0.39 is 0 Å². The zero-order valence-electron chi connectivity index (χ0n) is 18.6. The number of para-hydroxylation sites is 1. The van der Waals surface area contributed by atoms with Crippen LogP contribution in [0.3, 0.4) is 0 Å². The molecule has 1 aromatic heterocycles. The molecule has 7 heteroatoms. The summed E-state index contributed by atoms with van der Waals surface area (Å²) in [4.78, 5) is 21.0. The van der Waals surface area contributed by atoms with Crippen molar-refractivity contribution in [3.8, 4) is 11.1 Å². The highest BCUT2D eigenvalue weighted by molar-refractivity contribution is 6.00. The normalized spacial score (nSPS) is 15.6. The van der Waals surface area contributed by atoms with E-state index in [9.17, 15) is 4.79 Å². The third-order valence-corrected chi connectivity index (χ3v) is 5.70. The number of carbonyl (C=O) groups excluding carboxylic acids is 1. The molecule has 1 aliphatic heterocycles. The molecule has 3 N–H and O–H groups in total. The van der Waals surface area contributed by atoms with E-state index in [1.807, 2.05) is 60.8 Å². The van der Waals surface area contributed by atoms with Crippen molar-refractivity contribution in [2.45, 2.75) is 6.10 Å². The van der Waals surface area contributed by atoms with Gasteiger partial charge in [-0.15, -0.1) is 0 Å². The van der Waals surface area contributed by atoms with Crippen LogP contribution < -0.4 is 16.0 Å². The number of morpholine rings is 1. The lowest BCUT2D eigenvalue weighted by atomic mass is 10.0.